The Morgan fingerprint density at radius 1 is 1.09 bits per heavy atom. The SMILES string of the molecule is O=c1oc2cc(S(=O)(=O)Cl)ccc2n1CCc1ccccc1. The van der Waals surface area contributed by atoms with Crippen molar-refractivity contribution in [1.82, 2.24) is 4.57 Å². The molecular formula is C15H12ClNO4S. The average Bonchev–Trinajstić information content (AvgIpc) is 2.80. The number of aryl methyl sites for hydroxylation is 2. The van der Waals surface area contributed by atoms with E-state index < -0.39 is 14.8 Å². The number of oxazole rings is 1. The molecule has 0 bridgehead atoms. The van der Waals surface area contributed by atoms with Crippen LogP contribution in [0.3, 0.4) is 0 Å². The van der Waals surface area contributed by atoms with Crippen LogP contribution < -0.4 is 5.76 Å². The molecule has 1 aromatic heterocycles. The van der Waals surface area contributed by atoms with Crippen LogP contribution in [0, 0.1) is 0 Å². The monoisotopic (exact) mass is 337 g/mol. The summed E-state index contributed by atoms with van der Waals surface area (Å²) in [7, 11) is 1.44. The number of nitrogens with zero attached hydrogens (tertiary/aromatic N) is 1. The minimum Gasteiger partial charge on any atom is -0.408 e. The normalized spacial score (nSPS) is 11.9. The molecule has 0 unspecified atom stereocenters. The molecule has 0 fully saturated rings. The molecule has 0 radical (unpaired) electrons. The molecule has 7 heteroatoms. The predicted molar refractivity (Wildman–Crippen MR) is 83.7 cm³/mol. The molecule has 0 saturated heterocycles. The van der Waals surface area contributed by atoms with Crippen LogP contribution in [0.4, 0.5) is 0 Å². The Labute approximate surface area is 131 Å². The highest BCUT2D eigenvalue weighted by atomic mass is 35.7. The summed E-state index contributed by atoms with van der Waals surface area (Å²) in [4.78, 5) is 11.8. The van der Waals surface area contributed by atoms with Gasteiger partial charge in [0.15, 0.2) is 5.58 Å². The van der Waals surface area contributed by atoms with Gasteiger partial charge in [0.05, 0.1) is 10.4 Å². The van der Waals surface area contributed by atoms with Crippen LogP contribution >= 0.6 is 10.7 Å². The van der Waals surface area contributed by atoms with Crippen LogP contribution in [0.25, 0.3) is 11.1 Å². The van der Waals surface area contributed by atoms with Crippen LogP contribution in [0.5, 0.6) is 0 Å². The summed E-state index contributed by atoms with van der Waals surface area (Å²) in [5.74, 6) is -0.518. The molecule has 0 spiro atoms. The number of rotatable bonds is 4. The minimum absolute atomic E-state index is 0.0920. The van der Waals surface area contributed by atoms with Gasteiger partial charge in [-0.3, -0.25) is 4.57 Å². The van der Waals surface area contributed by atoms with Crippen LogP contribution in [-0.4, -0.2) is 13.0 Å². The quantitative estimate of drug-likeness (QED) is 0.686. The molecule has 22 heavy (non-hydrogen) atoms. The first-order valence-corrected chi connectivity index (χ1v) is 8.88. The molecule has 114 valence electrons. The Bertz CT molecular complexity index is 974. The summed E-state index contributed by atoms with van der Waals surface area (Å²) in [5.41, 5.74) is 1.86. The second kappa shape index (κ2) is 5.62. The smallest absolute Gasteiger partial charge is 0.408 e. The maximum absolute atomic E-state index is 11.9. The summed E-state index contributed by atoms with van der Waals surface area (Å²) < 4.78 is 29.2. The maximum Gasteiger partial charge on any atom is 0.419 e. The molecule has 0 saturated carbocycles. The van der Waals surface area contributed by atoms with Crippen LogP contribution in [0.2, 0.25) is 0 Å². The zero-order valence-corrected chi connectivity index (χ0v) is 13.0. The van der Waals surface area contributed by atoms with E-state index in [1.807, 2.05) is 30.3 Å². The molecule has 0 aliphatic carbocycles. The van der Waals surface area contributed by atoms with Crippen LogP contribution in [0.1, 0.15) is 5.56 Å². The van der Waals surface area contributed by atoms with Crippen LogP contribution in [0.15, 0.2) is 62.6 Å². The fraction of sp³-hybridized carbons (Fsp3) is 0.133. The van der Waals surface area contributed by atoms with Gasteiger partial charge in [0.1, 0.15) is 0 Å². The summed E-state index contributed by atoms with van der Waals surface area (Å²) in [6.45, 7) is 0.447. The third kappa shape index (κ3) is 2.93. The summed E-state index contributed by atoms with van der Waals surface area (Å²) >= 11 is 0. The van der Waals surface area contributed by atoms with Crippen molar-refractivity contribution in [3.05, 3.63) is 64.6 Å². The van der Waals surface area contributed by atoms with Gasteiger partial charge in [0.2, 0.25) is 0 Å². The van der Waals surface area contributed by atoms with E-state index in [0.29, 0.717) is 18.5 Å². The Morgan fingerprint density at radius 2 is 1.82 bits per heavy atom. The number of hydrogen-bond acceptors (Lipinski definition) is 4. The summed E-state index contributed by atoms with van der Waals surface area (Å²) in [6.07, 6.45) is 0.672. The van der Waals surface area contributed by atoms with Crippen molar-refractivity contribution in [3.8, 4) is 0 Å². The fourth-order valence-corrected chi connectivity index (χ4v) is 3.06. The van der Waals surface area contributed by atoms with Gasteiger partial charge in [-0.25, -0.2) is 13.2 Å². The zero-order chi connectivity index (χ0) is 15.7. The van der Waals surface area contributed by atoms with Gasteiger partial charge >= 0.3 is 5.76 Å². The first-order valence-electron chi connectivity index (χ1n) is 6.57. The van der Waals surface area contributed by atoms with Crippen molar-refractivity contribution in [1.29, 1.82) is 0 Å². The molecule has 0 aliphatic rings. The largest absolute Gasteiger partial charge is 0.419 e. The predicted octanol–water partition coefficient (Wildman–Crippen LogP) is 2.76. The topological polar surface area (TPSA) is 69.3 Å². The molecule has 3 rings (SSSR count). The number of halogens is 1. The second-order valence-electron chi connectivity index (χ2n) is 4.82. The Balaban J connectivity index is 1.97. The van der Waals surface area contributed by atoms with E-state index in [1.165, 1.54) is 22.8 Å². The first kappa shape index (κ1) is 14.9. The van der Waals surface area contributed by atoms with E-state index in [1.54, 1.807) is 0 Å². The molecule has 0 N–H and O–H groups in total. The van der Waals surface area contributed by atoms with Gasteiger partial charge in [0, 0.05) is 23.3 Å². The highest BCUT2D eigenvalue weighted by Crippen LogP contribution is 2.21. The van der Waals surface area contributed by atoms with Gasteiger partial charge in [0.25, 0.3) is 9.05 Å². The van der Waals surface area contributed by atoms with Gasteiger partial charge in [-0.1, -0.05) is 30.3 Å². The summed E-state index contributed by atoms with van der Waals surface area (Å²) in [6, 6.07) is 13.9. The van der Waals surface area contributed by atoms with E-state index in [0.717, 1.165) is 5.56 Å². The fourth-order valence-electron chi connectivity index (χ4n) is 2.30. The number of hydrogen-bond donors (Lipinski definition) is 0. The lowest BCUT2D eigenvalue weighted by atomic mass is 10.1. The average molecular weight is 338 g/mol. The van der Waals surface area contributed by atoms with E-state index >= 15 is 0 Å². The second-order valence-corrected chi connectivity index (χ2v) is 7.39. The van der Waals surface area contributed by atoms with Crippen molar-refractivity contribution < 1.29 is 12.8 Å². The summed E-state index contributed by atoms with van der Waals surface area (Å²) in [5, 5.41) is 0. The molecule has 0 aliphatic heterocycles. The first-order chi connectivity index (χ1) is 10.4. The van der Waals surface area contributed by atoms with Gasteiger partial charge in [-0.15, -0.1) is 0 Å². The van der Waals surface area contributed by atoms with Crippen LogP contribution in [-0.2, 0) is 22.0 Å². The Morgan fingerprint density at radius 3 is 2.50 bits per heavy atom. The highest BCUT2D eigenvalue weighted by molar-refractivity contribution is 8.13. The van der Waals surface area contributed by atoms with Gasteiger partial charge in [-0.2, -0.15) is 0 Å². The molecule has 1 heterocycles. The van der Waals surface area contributed by atoms with Crippen molar-refractivity contribution >= 4 is 30.8 Å². The molecule has 0 amide bonds. The highest BCUT2D eigenvalue weighted by Gasteiger charge is 2.15. The Hall–Kier alpha value is -2.05. The minimum atomic E-state index is -3.85. The molecule has 0 atom stereocenters. The molecule has 5 nitrogen and oxygen atoms in total. The van der Waals surface area contributed by atoms with Crippen molar-refractivity contribution in [2.45, 2.75) is 17.9 Å². The number of fused-ring (bicyclic) bond motifs is 1. The third-order valence-corrected chi connectivity index (χ3v) is 4.74. The lowest BCUT2D eigenvalue weighted by Crippen LogP contribution is -2.15. The van der Waals surface area contributed by atoms with Gasteiger partial charge < -0.3 is 4.42 Å². The number of benzene rings is 2. The van der Waals surface area contributed by atoms with Crippen molar-refractivity contribution in [3.63, 3.8) is 0 Å². The molecular weight excluding hydrogens is 326 g/mol. The van der Waals surface area contributed by atoms with E-state index in [9.17, 15) is 13.2 Å². The third-order valence-electron chi connectivity index (χ3n) is 3.39. The van der Waals surface area contributed by atoms with E-state index in [4.69, 9.17) is 15.1 Å². The van der Waals surface area contributed by atoms with E-state index in [-0.39, 0.29) is 10.5 Å². The standard InChI is InChI=1S/C15H12ClNO4S/c16-22(19,20)12-6-7-13-14(10-12)21-15(18)17(13)9-8-11-4-2-1-3-5-11/h1-7,10H,8-9H2. The van der Waals surface area contributed by atoms with Crippen molar-refractivity contribution in [2.24, 2.45) is 0 Å². The lowest BCUT2D eigenvalue weighted by Gasteiger charge is -2.03. The maximum atomic E-state index is 11.9. The van der Waals surface area contributed by atoms with Crippen molar-refractivity contribution in [2.75, 3.05) is 0 Å². The number of aromatic nitrogens is 1. The zero-order valence-electron chi connectivity index (χ0n) is 11.4. The lowest BCUT2D eigenvalue weighted by molar-refractivity contribution is 0.504. The van der Waals surface area contributed by atoms with Gasteiger partial charge in [-0.05, 0) is 24.1 Å². The van der Waals surface area contributed by atoms with E-state index in [2.05, 4.69) is 0 Å². The molecule has 3 aromatic rings. The molecule has 2 aromatic carbocycles. The Kier molecular flexibility index (Phi) is 3.80.